The van der Waals surface area contributed by atoms with Crippen molar-refractivity contribution in [2.75, 3.05) is 11.1 Å². The number of alkyl halides is 3. The van der Waals surface area contributed by atoms with Crippen molar-refractivity contribution in [1.29, 1.82) is 0 Å². The Hall–Kier alpha value is -2.56. The molecule has 1 aromatic carbocycles. The molecule has 1 aromatic heterocycles. The summed E-state index contributed by atoms with van der Waals surface area (Å²) in [5.74, 6) is -0.890. The predicted octanol–water partition coefficient (Wildman–Crippen LogP) is 3.50. The van der Waals surface area contributed by atoms with E-state index in [0.29, 0.717) is 22.0 Å². The molecule has 0 fully saturated rings. The zero-order valence-electron chi connectivity index (χ0n) is 15.0. The summed E-state index contributed by atoms with van der Waals surface area (Å²) in [6, 6.07) is 3.77. The summed E-state index contributed by atoms with van der Waals surface area (Å²) in [5.41, 5.74) is 3.39. The number of aryl methyl sites for hydroxylation is 1. The zero-order chi connectivity index (χ0) is 20.7. The van der Waals surface area contributed by atoms with Gasteiger partial charge < -0.3 is 11.1 Å². The summed E-state index contributed by atoms with van der Waals surface area (Å²) in [6.45, 7) is 1.71. The largest absolute Gasteiger partial charge is 0.433 e. The third kappa shape index (κ3) is 3.84. The quantitative estimate of drug-likeness (QED) is 0.752. The Morgan fingerprint density at radius 2 is 2.11 bits per heavy atom. The van der Waals surface area contributed by atoms with Crippen LogP contribution in [0.4, 0.5) is 23.2 Å². The van der Waals surface area contributed by atoms with Gasteiger partial charge in [-0.3, -0.25) is 14.5 Å². The number of hydrogen-bond donors (Lipinski definition) is 2. The highest BCUT2D eigenvalue weighted by Crippen LogP contribution is 2.37. The summed E-state index contributed by atoms with van der Waals surface area (Å²) < 4.78 is 54.5. The fraction of sp³-hybridized carbons (Fsp3) is 0.353. The lowest BCUT2D eigenvalue weighted by molar-refractivity contribution is -0.144. The van der Waals surface area contributed by atoms with Gasteiger partial charge in [0.2, 0.25) is 0 Å². The number of amidine groups is 1. The van der Waals surface area contributed by atoms with Crippen molar-refractivity contribution in [1.82, 2.24) is 9.78 Å². The maximum atomic E-state index is 14.4. The maximum absolute atomic E-state index is 14.4. The normalized spacial score (nSPS) is 20.0. The third-order valence-electron chi connectivity index (χ3n) is 4.45. The number of nitrogens with one attached hydrogen (secondary N) is 1. The van der Waals surface area contributed by atoms with Crippen molar-refractivity contribution in [3.63, 3.8) is 0 Å². The van der Waals surface area contributed by atoms with E-state index in [4.69, 9.17) is 5.73 Å². The van der Waals surface area contributed by atoms with E-state index in [1.54, 1.807) is 6.92 Å². The summed E-state index contributed by atoms with van der Waals surface area (Å²) in [7, 11) is 1.10. The molecule has 3 N–H and O–H groups in total. The van der Waals surface area contributed by atoms with Crippen LogP contribution in [-0.2, 0) is 18.8 Å². The van der Waals surface area contributed by atoms with Crippen molar-refractivity contribution in [3.8, 4) is 0 Å². The number of hydrogen-bond acceptors (Lipinski definition) is 5. The first kappa shape index (κ1) is 20.2. The van der Waals surface area contributed by atoms with Gasteiger partial charge in [-0.15, -0.1) is 0 Å². The molecular weight excluding hydrogens is 398 g/mol. The van der Waals surface area contributed by atoms with Crippen LogP contribution in [0.1, 0.15) is 35.0 Å². The summed E-state index contributed by atoms with van der Waals surface area (Å²) in [6.07, 6.45) is -3.38. The van der Waals surface area contributed by atoms with Crippen LogP contribution in [0.25, 0.3) is 0 Å². The van der Waals surface area contributed by atoms with Crippen LogP contribution < -0.4 is 11.1 Å². The summed E-state index contributed by atoms with van der Waals surface area (Å²) in [5, 5.41) is 6.21. The second-order valence-electron chi connectivity index (χ2n) is 6.50. The lowest BCUT2D eigenvalue weighted by Crippen LogP contribution is -2.30. The number of nitrogens with two attached hydrogens (primary N) is 1. The average molecular weight is 415 g/mol. The van der Waals surface area contributed by atoms with Crippen molar-refractivity contribution in [3.05, 3.63) is 47.0 Å². The Morgan fingerprint density at radius 1 is 1.39 bits per heavy atom. The number of carbonyl (C=O) groups excluding carboxylic acids is 1. The molecule has 2 heterocycles. The number of amides is 1. The van der Waals surface area contributed by atoms with E-state index in [0.717, 1.165) is 19.3 Å². The Kier molecular flexibility index (Phi) is 5.13. The first-order chi connectivity index (χ1) is 13.0. The van der Waals surface area contributed by atoms with Crippen molar-refractivity contribution >= 4 is 28.5 Å². The van der Waals surface area contributed by atoms with E-state index in [2.05, 4.69) is 15.4 Å². The van der Waals surface area contributed by atoms with Gasteiger partial charge in [-0.25, -0.2) is 4.39 Å². The highest BCUT2D eigenvalue weighted by molar-refractivity contribution is 8.13. The fourth-order valence-corrected chi connectivity index (χ4v) is 4.01. The minimum atomic E-state index is -4.74. The van der Waals surface area contributed by atoms with Crippen molar-refractivity contribution in [2.24, 2.45) is 17.8 Å². The standard InChI is InChI=1S/C17H17F4N5OS/c1-16(5-6-28-15(22)25-16)11-7-9(3-4-12(11)18)24-14(27)10-8-23-26(2)13(10)17(19,20)21/h3-4,7-8H,5-6H2,1-2H3,(H2,22,25)(H,24,27). The second kappa shape index (κ2) is 7.12. The number of thioether (sulfide) groups is 1. The second-order valence-corrected chi connectivity index (χ2v) is 7.61. The number of halogens is 4. The number of benzene rings is 1. The number of aliphatic imine (C=N–C) groups is 1. The topological polar surface area (TPSA) is 85.3 Å². The van der Waals surface area contributed by atoms with Crippen LogP contribution in [0.15, 0.2) is 29.4 Å². The average Bonchev–Trinajstić information content (AvgIpc) is 2.98. The monoisotopic (exact) mass is 415 g/mol. The molecule has 1 aliphatic rings. The van der Waals surface area contributed by atoms with E-state index < -0.39 is 34.7 Å². The van der Waals surface area contributed by atoms with Crippen LogP contribution in [0.5, 0.6) is 0 Å². The molecule has 3 rings (SSSR count). The van der Waals surface area contributed by atoms with E-state index in [1.165, 1.54) is 23.9 Å². The summed E-state index contributed by atoms with van der Waals surface area (Å²) >= 11 is 1.36. The van der Waals surface area contributed by atoms with Gasteiger partial charge in [0.15, 0.2) is 10.9 Å². The fourth-order valence-electron chi connectivity index (χ4n) is 3.03. The van der Waals surface area contributed by atoms with Gasteiger partial charge in [-0.1, -0.05) is 11.8 Å². The molecule has 1 atom stereocenters. The molecule has 1 amide bonds. The molecular formula is C17H17F4N5OS. The van der Waals surface area contributed by atoms with Crippen molar-refractivity contribution in [2.45, 2.75) is 25.1 Å². The highest BCUT2D eigenvalue weighted by Gasteiger charge is 2.39. The predicted molar refractivity (Wildman–Crippen MR) is 98.6 cm³/mol. The zero-order valence-corrected chi connectivity index (χ0v) is 15.8. The van der Waals surface area contributed by atoms with Crippen LogP contribution in [0.3, 0.4) is 0 Å². The van der Waals surface area contributed by atoms with E-state index in [9.17, 15) is 22.4 Å². The van der Waals surface area contributed by atoms with Gasteiger partial charge in [0.1, 0.15) is 5.82 Å². The van der Waals surface area contributed by atoms with Gasteiger partial charge in [-0.05, 0) is 31.5 Å². The smallest absolute Gasteiger partial charge is 0.379 e. The molecule has 28 heavy (non-hydrogen) atoms. The SMILES string of the molecule is Cn1ncc(C(=O)Nc2ccc(F)c(C3(C)CCSC(N)=N3)c2)c1C(F)(F)F. The van der Waals surface area contributed by atoms with Gasteiger partial charge in [0, 0.05) is 24.1 Å². The Labute approximate surface area is 162 Å². The molecule has 0 saturated heterocycles. The number of carbonyl (C=O) groups is 1. The highest BCUT2D eigenvalue weighted by atomic mass is 32.2. The van der Waals surface area contributed by atoms with Gasteiger partial charge in [0.25, 0.3) is 5.91 Å². The van der Waals surface area contributed by atoms with Crippen LogP contribution in [-0.4, -0.2) is 26.6 Å². The minimum absolute atomic E-state index is 0.145. The molecule has 0 spiro atoms. The maximum Gasteiger partial charge on any atom is 0.433 e. The molecule has 1 aliphatic heterocycles. The first-order valence-corrected chi connectivity index (χ1v) is 9.18. The van der Waals surface area contributed by atoms with Crippen LogP contribution >= 0.6 is 11.8 Å². The molecule has 2 aromatic rings. The molecule has 6 nitrogen and oxygen atoms in total. The molecule has 0 saturated carbocycles. The first-order valence-electron chi connectivity index (χ1n) is 8.20. The Balaban J connectivity index is 1.93. The third-order valence-corrected chi connectivity index (χ3v) is 5.25. The summed E-state index contributed by atoms with van der Waals surface area (Å²) in [4.78, 5) is 16.7. The van der Waals surface area contributed by atoms with Gasteiger partial charge in [0.05, 0.1) is 17.3 Å². The van der Waals surface area contributed by atoms with E-state index >= 15 is 0 Å². The van der Waals surface area contributed by atoms with Crippen LogP contribution in [0, 0.1) is 5.82 Å². The van der Waals surface area contributed by atoms with Crippen LogP contribution in [0.2, 0.25) is 0 Å². The van der Waals surface area contributed by atoms with Crippen molar-refractivity contribution < 1.29 is 22.4 Å². The molecule has 0 radical (unpaired) electrons. The number of nitrogens with zero attached hydrogens (tertiary/aromatic N) is 3. The Bertz CT molecular complexity index is 956. The minimum Gasteiger partial charge on any atom is -0.379 e. The van der Waals surface area contributed by atoms with E-state index in [-0.39, 0.29) is 11.3 Å². The lowest BCUT2D eigenvalue weighted by Gasteiger charge is -2.30. The lowest BCUT2D eigenvalue weighted by atomic mass is 9.89. The van der Waals surface area contributed by atoms with E-state index in [1.807, 2.05) is 0 Å². The molecule has 0 bridgehead atoms. The number of aromatic nitrogens is 2. The molecule has 11 heteroatoms. The number of rotatable bonds is 3. The molecule has 1 unspecified atom stereocenters. The Morgan fingerprint density at radius 3 is 2.75 bits per heavy atom. The molecule has 0 aliphatic carbocycles. The van der Waals surface area contributed by atoms with Gasteiger partial charge in [-0.2, -0.15) is 18.3 Å². The molecule has 150 valence electrons. The number of anilines is 1. The van der Waals surface area contributed by atoms with Gasteiger partial charge >= 0.3 is 6.18 Å².